The van der Waals surface area contributed by atoms with Crippen molar-refractivity contribution in [2.75, 3.05) is 0 Å². The minimum atomic E-state index is -0.537. The van der Waals surface area contributed by atoms with Gasteiger partial charge >= 0.3 is 0 Å². The Hall–Kier alpha value is -3.07. The Morgan fingerprint density at radius 3 is 2.74 bits per heavy atom. The van der Waals surface area contributed by atoms with Gasteiger partial charge in [0.05, 0.1) is 12.7 Å². The summed E-state index contributed by atoms with van der Waals surface area (Å²) in [6, 6.07) is 6.67. The second-order valence-corrected chi connectivity index (χ2v) is 7.14. The van der Waals surface area contributed by atoms with Crippen LogP contribution in [0.3, 0.4) is 0 Å². The first-order valence-electron chi connectivity index (χ1n) is 8.51. The molecule has 0 saturated carbocycles. The molecule has 27 heavy (non-hydrogen) atoms. The minimum absolute atomic E-state index is 0.192. The number of nitrogens with two attached hydrogens (primary N) is 1. The highest BCUT2D eigenvalue weighted by molar-refractivity contribution is 7.11. The number of primary amides is 1. The Balaban J connectivity index is 1.71. The molecule has 2 aromatic heterocycles. The van der Waals surface area contributed by atoms with Gasteiger partial charge in [-0.15, -0.1) is 10.2 Å². The molecular formula is C18H20N6O2S. The van der Waals surface area contributed by atoms with Crippen molar-refractivity contribution in [3.8, 4) is 11.1 Å². The van der Waals surface area contributed by atoms with Gasteiger partial charge in [-0.2, -0.15) is 5.10 Å². The summed E-state index contributed by atoms with van der Waals surface area (Å²) >= 11 is 1.49. The van der Waals surface area contributed by atoms with Gasteiger partial charge in [0.15, 0.2) is 0 Å². The Bertz CT molecular complexity index is 964. The number of carbonyl (C=O) groups is 2. The molecule has 1 aromatic carbocycles. The largest absolute Gasteiger partial charge is 0.368 e. The summed E-state index contributed by atoms with van der Waals surface area (Å²) in [7, 11) is 0. The minimum Gasteiger partial charge on any atom is -0.368 e. The van der Waals surface area contributed by atoms with Crippen molar-refractivity contribution < 1.29 is 9.59 Å². The summed E-state index contributed by atoms with van der Waals surface area (Å²) in [5.74, 6) is -0.649. The van der Waals surface area contributed by atoms with Crippen LogP contribution in [0.5, 0.6) is 0 Å². The highest BCUT2D eigenvalue weighted by atomic mass is 32.1. The second kappa shape index (κ2) is 8.09. The Kier molecular flexibility index (Phi) is 5.60. The fraction of sp³-hybridized carbons (Fsp3) is 0.278. The lowest BCUT2D eigenvalue weighted by Crippen LogP contribution is -2.24. The first-order chi connectivity index (χ1) is 13.0. The van der Waals surface area contributed by atoms with Crippen LogP contribution >= 0.6 is 11.3 Å². The molecule has 9 heteroatoms. The highest BCUT2D eigenvalue weighted by Crippen LogP contribution is 2.21. The van der Waals surface area contributed by atoms with Crippen LogP contribution in [-0.2, 0) is 17.8 Å². The van der Waals surface area contributed by atoms with Gasteiger partial charge in [0.2, 0.25) is 5.91 Å². The van der Waals surface area contributed by atoms with E-state index in [0.29, 0.717) is 12.1 Å². The van der Waals surface area contributed by atoms with Crippen molar-refractivity contribution in [1.29, 1.82) is 0 Å². The van der Waals surface area contributed by atoms with Gasteiger partial charge in [0, 0.05) is 17.3 Å². The number of hydrogen-bond donors (Lipinski definition) is 2. The van der Waals surface area contributed by atoms with E-state index in [2.05, 4.69) is 20.6 Å². The average molecular weight is 384 g/mol. The van der Waals surface area contributed by atoms with Gasteiger partial charge in [-0.05, 0) is 31.0 Å². The predicted octanol–water partition coefficient (Wildman–Crippen LogP) is 1.94. The van der Waals surface area contributed by atoms with E-state index in [-0.39, 0.29) is 5.91 Å². The zero-order chi connectivity index (χ0) is 19.4. The summed E-state index contributed by atoms with van der Waals surface area (Å²) in [5, 5.41) is 16.9. The smallest absolute Gasteiger partial charge is 0.251 e. The summed E-state index contributed by atoms with van der Waals surface area (Å²) in [5.41, 5.74) is 7.47. The number of rotatable bonds is 7. The topological polar surface area (TPSA) is 116 Å². The van der Waals surface area contributed by atoms with Gasteiger partial charge in [-0.3, -0.25) is 14.3 Å². The van der Waals surface area contributed by atoms with Crippen LogP contribution in [-0.4, -0.2) is 31.8 Å². The summed E-state index contributed by atoms with van der Waals surface area (Å²) < 4.78 is 1.51. The number of aryl methyl sites for hydroxylation is 1. The first-order valence-corrected chi connectivity index (χ1v) is 9.33. The lowest BCUT2D eigenvalue weighted by molar-refractivity contribution is -0.120. The first kappa shape index (κ1) is 18.7. The van der Waals surface area contributed by atoms with E-state index in [1.54, 1.807) is 37.5 Å². The van der Waals surface area contributed by atoms with Crippen molar-refractivity contribution in [3.05, 3.63) is 52.2 Å². The zero-order valence-corrected chi connectivity index (χ0v) is 15.9. The third-order valence-corrected chi connectivity index (χ3v) is 5.15. The number of nitrogens with zero attached hydrogens (tertiary/aromatic N) is 4. The van der Waals surface area contributed by atoms with Gasteiger partial charge in [-0.1, -0.05) is 30.4 Å². The Morgan fingerprint density at radius 2 is 2.04 bits per heavy atom. The molecule has 2 heterocycles. The van der Waals surface area contributed by atoms with E-state index in [4.69, 9.17) is 5.73 Å². The van der Waals surface area contributed by atoms with Gasteiger partial charge in [0.25, 0.3) is 5.91 Å². The van der Waals surface area contributed by atoms with E-state index in [1.165, 1.54) is 16.0 Å². The van der Waals surface area contributed by atoms with E-state index < -0.39 is 11.9 Å². The van der Waals surface area contributed by atoms with E-state index in [1.807, 2.05) is 13.0 Å². The third-order valence-electron chi connectivity index (χ3n) is 4.08. The van der Waals surface area contributed by atoms with Crippen molar-refractivity contribution >= 4 is 23.2 Å². The average Bonchev–Trinajstić information content (AvgIpc) is 3.35. The molecule has 0 radical (unpaired) electrons. The molecule has 0 aliphatic rings. The van der Waals surface area contributed by atoms with Crippen molar-refractivity contribution in [1.82, 2.24) is 25.3 Å². The predicted molar refractivity (Wildman–Crippen MR) is 102 cm³/mol. The third kappa shape index (κ3) is 4.37. The molecule has 3 N–H and O–H groups in total. The fourth-order valence-electron chi connectivity index (χ4n) is 2.43. The number of nitrogens with one attached hydrogen (secondary N) is 1. The number of benzene rings is 1. The standard InChI is InChI=1S/C18H20N6O2S/c1-3-15-22-23-16(27-15)9-20-18(26)13-6-4-5-12(7-13)14-8-21-24(10-14)11(2)17(19)25/h4-8,10-11H,3,9H2,1-2H3,(H2,19,25)(H,20,26)/t11-/m0/s1. The molecule has 140 valence electrons. The fourth-order valence-corrected chi connectivity index (χ4v) is 3.15. The number of aromatic nitrogens is 4. The van der Waals surface area contributed by atoms with Crippen LogP contribution in [0.25, 0.3) is 11.1 Å². The molecular weight excluding hydrogens is 364 g/mol. The summed E-state index contributed by atoms with van der Waals surface area (Å²) in [6.45, 7) is 4.04. The van der Waals surface area contributed by atoms with Crippen LogP contribution in [0, 0.1) is 0 Å². The molecule has 8 nitrogen and oxygen atoms in total. The molecule has 0 unspecified atom stereocenters. The van der Waals surface area contributed by atoms with Gasteiger partial charge in [-0.25, -0.2) is 0 Å². The molecule has 0 fully saturated rings. The summed E-state index contributed by atoms with van der Waals surface area (Å²) in [4.78, 5) is 23.7. The van der Waals surface area contributed by atoms with E-state index >= 15 is 0 Å². The summed E-state index contributed by atoms with van der Waals surface area (Å²) in [6.07, 6.45) is 4.21. The maximum atomic E-state index is 12.4. The molecule has 0 bridgehead atoms. The molecule has 0 aliphatic carbocycles. The number of carbonyl (C=O) groups excluding carboxylic acids is 2. The lowest BCUT2D eigenvalue weighted by atomic mass is 10.1. The van der Waals surface area contributed by atoms with Crippen LogP contribution in [0.15, 0.2) is 36.7 Å². The number of hydrogen-bond acceptors (Lipinski definition) is 6. The maximum absolute atomic E-state index is 12.4. The van der Waals surface area contributed by atoms with Crippen molar-refractivity contribution in [3.63, 3.8) is 0 Å². The molecule has 3 rings (SSSR count). The van der Waals surface area contributed by atoms with Crippen LogP contribution < -0.4 is 11.1 Å². The van der Waals surface area contributed by atoms with Crippen molar-refractivity contribution in [2.24, 2.45) is 5.73 Å². The van der Waals surface area contributed by atoms with Gasteiger partial charge < -0.3 is 11.1 Å². The van der Waals surface area contributed by atoms with Crippen molar-refractivity contribution in [2.45, 2.75) is 32.9 Å². The monoisotopic (exact) mass is 384 g/mol. The number of amides is 2. The van der Waals surface area contributed by atoms with E-state index in [0.717, 1.165) is 27.6 Å². The molecule has 1 atom stereocenters. The Morgan fingerprint density at radius 1 is 1.26 bits per heavy atom. The quantitative estimate of drug-likeness (QED) is 0.646. The maximum Gasteiger partial charge on any atom is 0.251 e. The molecule has 3 aromatic rings. The Labute approximate surface area is 160 Å². The lowest BCUT2D eigenvalue weighted by Gasteiger charge is -2.07. The normalized spacial score (nSPS) is 11.9. The molecule has 0 aliphatic heterocycles. The molecule has 2 amide bonds. The SMILES string of the molecule is CCc1nnc(CNC(=O)c2cccc(-c3cnn([C@@H](C)C(N)=O)c3)c2)s1. The molecule has 0 saturated heterocycles. The van der Waals surface area contributed by atoms with Crippen LogP contribution in [0.4, 0.5) is 0 Å². The zero-order valence-electron chi connectivity index (χ0n) is 15.0. The second-order valence-electron chi connectivity index (χ2n) is 5.99. The van der Waals surface area contributed by atoms with E-state index in [9.17, 15) is 9.59 Å². The highest BCUT2D eigenvalue weighted by Gasteiger charge is 2.14. The van der Waals surface area contributed by atoms with Crippen LogP contribution in [0.1, 0.15) is 40.3 Å². The van der Waals surface area contributed by atoms with Crippen LogP contribution in [0.2, 0.25) is 0 Å². The molecule has 0 spiro atoms. The van der Waals surface area contributed by atoms with Gasteiger partial charge in [0.1, 0.15) is 16.1 Å².